The lowest BCUT2D eigenvalue weighted by Gasteiger charge is -2.21. The molecule has 4 aromatic rings. The summed E-state index contributed by atoms with van der Waals surface area (Å²) in [4.78, 5) is 9.20. The number of halogens is 4. The Bertz CT molecular complexity index is 1420. The molecule has 0 saturated carbocycles. The first kappa shape index (κ1) is 23.3. The van der Waals surface area contributed by atoms with Crippen LogP contribution < -0.4 is 4.90 Å². The first-order chi connectivity index (χ1) is 16.7. The minimum atomic E-state index is -3.64. The summed E-state index contributed by atoms with van der Waals surface area (Å²) in [5.74, 6) is -7.72. The fourth-order valence-corrected chi connectivity index (χ4v) is 4.50. The van der Waals surface area contributed by atoms with Crippen LogP contribution in [0.25, 0.3) is 11.2 Å². The van der Waals surface area contributed by atoms with Crippen LogP contribution in [0.2, 0.25) is 0 Å². The third-order valence-corrected chi connectivity index (χ3v) is 6.46. The zero-order valence-corrected chi connectivity index (χ0v) is 18.8. The van der Waals surface area contributed by atoms with Gasteiger partial charge in [0.25, 0.3) is 5.92 Å². The first-order valence-electron chi connectivity index (χ1n) is 10.5. The molecule has 5 rings (SSSR count). The molecule has 35 heavy (non-hydrogen) atoms. The summed E-state index contributed by atoms with van der Waals surface area (Å²) in [7, 11) is 0. The molecule has 0 spiro atoms. The molecule has 1 unspecified atom stereocenters. The zero-order valence-electron chi connectivity index (χ0n) is 17.9. The number of hydrogen-bond acceptors (Lipinski definition) is 7. The summed E-state index contributed by atoms with van der Waals surface area (Å²) < 4.78 is 83.2. The number of rotatable bonds is 6. The molecule has 0 N–H and O–H groups in total. The fourth-order valence-electron chi connectivity index (χ4n) is 3.96. The Kier molecular flexibility index (Phi) is 5.75. The van der Waals surface area contributed by atoms with Gasteiger partial charge in [0.15, 0.2) is 17.0 Å². The summed E-state index contributed by atoms with van der Waals surface area (Å²) in [6.07, 6.45) is -0.459. The molecular weight excluding hydrogens is 488 g/mol. The van der Waals surface area contributed by atoms with Gasteiger partial charge in [-0.05, 0) is 22.7 Å². The summed E-state index contributed by atoms with van der Waals surface area (Å²) in [6.45, 7) is -0.968. The summed E-state index contributed by atoms with van der Waals surface area (Å²) >= 11 is -2.55. The van der Waals surface area contributed by atoms with E-state index < -0.39 is 41.7 Å². The lowest BCUT2D eigenvalue weighted by Crippen LogP contribution is -2.28. The summed E-state index contributed by atoms with van der Waals surface area (Å²) in [5.41, 5.74) is -0.196. The summed E-state index contributed by atoms with van der Waals surface area (Å²) in [6, 6.07) is 13.0. The molecule has 1 fully saturated rings. The minimum absolute atomic E-state index is 0.000506. The smallest absolute Gasteiger partial charge is 0.331 e. The van der Waals surface area contributed by atoms with Crippen LogP contribution in [-0.2, 0) is 23.5 Å². The maximum Gasteiger partial charge on any atom is 0.331 e. The molecule has 2 aromatic heterocycles. The monoisotopic (exact) mass is 505 g/mol. The van der Waals surface area contributed by atoms with Gasteiger partial charge in [0.2, 0.25) is 5.82 Å². The van der Waals surface area contributed by atoms with Crippen molar-refractivity contribution in [1.82, 2.24) is 25.0 Å². The van der Waals surface area contributed by atoms with Crippen LogP contribution in [0.4, 0.5) is 23.4 Å². The standard InChI is InChI=1S/C22H18F4N6O2S/c23-21(24)10-11-31(13-21)18-17-19(28-20(27-18)22(25,26)15-7-2-1-3-8-15)32(30-29-17)12-14-6-4-5-9-16(14)35(33)34/h1-9H,10-13H2,(H,33,34)/p-1. The predicted molar refractivity (Wildman–Crippen MR) is 117 cm³/mol. The van der Waals surface area contributed by atoms with E-state index in [1.807, 2.05) is 0 Å². The van der Waals surface area contributed by atoms with Gasteiger partial charge >= 0.3 is 5.92 Å². The fraction of sp³-hybridized carbons (Fsp3) is 0.273. The molecule has 2 aromatic carbocycles. The number of hydrogen-bond donors (Lipinski definition) is 0. The van der Waals surface area contributed by atoms with Gasteiger partial charge in [-0.3, -0.25) is 4.21 Å². The molecule has 3 heterocycles. The Hall–Kier alpha value is -3.45. The second-order valence-electron chi connectivity index (χ2n) is 8.10. The Morgan fingerprint density at radius 2 is 1.77 bits per heavy atom. The lowest BCUT2D eigenvalue weighted by atomic mass is 10.1. The molecule has 0 bridgehead atoms. The highest BCUT2D eigenvalue weighted by atomic mass is 32.2. The highest BCUT2D eigenvalue weighted by Crippen LogP contribution is 2.38. The van der Waals surface area contributed by atoms with E-state index in [1.54, 1.807) is 24.3 Å². The second kappa shape index (κ2) is 8.64. The van der Waals surface area contributed by atoms with Crippen LogP contribution in [0, 0.1) is 0 Å². The quantitative estimate of drug-likeness (QED) is 0.292. The maximum atomic E-state index is 15.4. The SMILES string of the molecule is O=S([O-])c1ccccc1Cn1nnc2c(N3CCC(F)(F)C3)nc(C(F)(F)c3ccccc3)nc21. The van der Waals surface area contributed by atoms with Crippen LogP contribution in [0.3, 0.4) is 0 Å². The minimum Gasteiger partial charge on any atom is -0.768 e. The topological polar surface area (TPSA) is 99.9 Å². The van der Waals surface area contributed by atoms with Crippen LogP contribution in [0.15, 0.2) is 59.5 Å². The third-order valence-electron chi connectivity index (χ3n) is 5.70. The molecule has 182 valence electrons. The molecule has 13 heteroatoms. The van der Waals surface area contributed by atoms with Gasteiger partial charge < -0.3 is 9.45 Å². The second-order valence-corrected chi connectivity index (χ2v) is 9.01. The van der Waals surface area contributed by atoms with Crippen molar-refractivity contribution >= 4 is 28.1 Å². The molecule has 8 nitrogen and oxygen atoms in total. The van der Waals surface area contributed by atoms with E-state index in [4.69, 9.17) is 0 Å². The first-order valence-corrected chi connectivity index (χ1v) is 11.6. The van der Waals surface area contributed by atoms with E-state index in [0.717, 1.165) is 4.68 Å². The van der Waals surface area contributed by atoms with Crippen molar-refractivity contribution in [3.63, 3.8) is 0 Å². The number of benzene rings is 2. The van der Waals surface area contributed by atoms with Crippen LogP contribution in [-0.4, -0.2) is 52.7 Å². The number of aromatic nitrogens is 5. The van der Waals surface area contributed by atoms with Gasteiger partial charge in [0.1, 0.15) is 0 Å². The molecule has 1 aliphatic heterocycles. The number of nitrogens with zero attached hydrogens (tertiary/aromatic N) is 6. The van der Waals surface area contributed by atoms with Gasteiger partial charge in [0.05, 0.1) is 13.1 Å². The molecule has 0 aliphatic carbocycles. The molecular formula is C22H17F4N6O2S-. The van der Waals surface area contributed by atoms with E-state index >= 15 is 8.78 Å². The molecule has 1 saturated heterocycles. The van der Waals surface area contributed by atoms with Crippen LogP contribution in [0.1, 0.15) is 23.4 Å². The average molecular weight is 505 g/mol. The van der Waals surface area contributed by atoms with Crippen molar-refractivity contribution in [3.8, 4) is 0 Å². The van der Waals surface area contributed by atoms with E-state index in [0.29, 0.717) is 5.56 Å². The van der Waals surface area contributed by atoms with Crippen molar-refractivity contribution in [1.29, 1.82) is 0 Å². The normalized spacial score (nSPS) is 16.7. The zero-order chi connectivity index (χ0) is 24.8. The van der Waals surface area contributed by atoms with Gasteiger partial charge in [-0.1, -0.05) is 53.7 Å². The van der Waals surface area contributed by atoms with E-state index in [1.165, 1.54) is 35.2 Å². The molecule has 0 radical (unpaired) electrons. The van der Waals surface area contributed by atoms with Gasteiger partial charge in [0, 0.05) is 23.4 Å². The van der Waals surface area contributed by atoms with E-state index in [-0.39, 0.29) is 40.5 Å². The van der Waals surface area contributed by atoms with Crippen molar-refractivity contribution in [2.75, 3.05) is 18.0 Å². The lowest BCUT2D eigenvalue weighted by molar-refractivity contribution is 0.0256. The van der Waals surface area contributed by atoms with Crippen LogP contribution >= 0.6 is 0 Å². The number of anilines is 1. The Balaban J connectivity index is 1.67. The Labute approximate surface area is 198 Å². The van der Waals surface area contributed by atoms with E-state index in [2.05, 4.69) is 20.3 Å². The van der Waals surface area contributed by atoms with Crippen molar-refractivity contribution in [3.05, 3.63) is 71.5 Å². The van der Waals surface area contributed by atoms with Crippen molar-refractivity contribution < 1.29 is 26.3 Å². The highest BCUT2D eigenvalue weighted by molar-refractivity contribution is 7.79. The number of alkyl halides is 4. The van der Waals surface area contributed by atoms with Gasteiger partial charge in [-0.25, -0.2) is 23.4 Å². The Morgan fingerprint density at radius 3 is 2.46 bits per heavy atom. The van der Waals surface area contributed by atoms with Gasteiger partial charge in [-0.15, -0.1) is 5.10 Å². The van der Waals surface area contributed by atoms with Crippen molar-refractivity contribution in [2.45, 2.75) is 29.7 Å². The van der Waals surface area contributed by atoms with Crippen molar-refractivity contribution in [2.24, 2.45) is 0 Å². The average Bonchev–Trinajstić information content (AvgIpc) is 3.42. The maximum absolute atomic E-state index is 15.4. The Morgan fingerprint density at radius 1 is 1.06 bits per heavy atom. The molecule has 1 aliphatic rings. The predicted octanol–water partition coefficient (Wildman–Crippen LogP) is 3.49. The highest BCUT2D eigenvalue weighted by Gasteiger charge is 2.43. The summed E-state index contributed by atoms with van der Waals surface area (Å²) in [5, 5.41) is 7.94. The third kappa shape index (κ3) is 4.36. The molecule has 0 amide bonds. The largest absolute Gasteiger partial charge is 0.768 e. The van der Waals surface area contributed by atoms with Gasteiger partial charge in [-0.2, -0.15) is 8.78 Å². The van der Waals surface area contributed by atoms with E-state index in [9.17, 15) is 17.5 Å². The molecule has 1 atom stereocenters. The number of fused-ring (bicyclic) bond motifs is 1. The van der Waals surface area contributed by atoms with Crippen LogP contribution in [0.5, 0.6) is 0 Å².